The lowest BCUT2D eigenvalue weighted by molar-refractivity contribution is -0.146. The Kier molecular flexibility index (Phi) is 10.3. The number of carboxylic acid groups (broad SMARTS) is 1. The van der Waals surface area contributed by atoms with Gasteiger partial charge in [-0.25, -0.2) is 14.6 Å². The number of methoxy groups -OCH3 is 2. The van der Waals surface area contributed by atoms with Gasteiger partial charge in [-0.1, -0.05) is 61.4 Å². The maximum Gasteiger partial charge on any atom is 0.408 e. The van der Waals surface area contributed by atoms with E-state index in [1.807, 2.05) is 0 Å². The summed E-state index contributed by atoms with van der Waals surface area (Å²) in [4.78, 5) is 64.9. The maximum atomic E-state index is 14.6. The van der Waals surface area contributed by atoms with Gasteiger partial charge >= 0.3 is 12.1 Å². The first-order valence-corrected chi connectivity index (χ1v) is 19.6. The van der Waals surface area contributed by atoms with Crippen molar-refractivity contribution in [3.8, 4) is 28.1 Å². The van der Waals surface area contributed by atoms with Crippen molar-refractivity contribution in [2.75, 3.05) is 20.8 Å². The van der Waals surface area contributed by atoms with E-state index in [4.69, 9.17) is 47.1 Å². The summed E-state index contributed by atoms with van der Waals surface area (Å²) in [6.45, 7) is 9.05. The quantitative estimate of drug-likeness (QED) is 0.180. The topological polar surface area (TPSA) is 179 Å². The molecule has 3 amide bonds. The molecule has 3 heterocycles. The second-order valence-electron chi connectivity index (χ2n) is 15.8. The van der Waals surface area contributed by atoms with E-state index >= 15 is 0 Å². The van der Waals surface area contributed by atoms with Crippen molar-refractivity contribution in [3.05, 3.63) is 40.2 Å². The Bertz CT molecular complexity index is 2060. The number of amides is 3. The highest BCUT2D eigenvalue weighted by molar-refractivity contribution is 7.18. The van der Waals surface area contributed by atoms with Crippen LogP contribution in [0.25, 0.3) is 22.3 Å². The number of aromatic nitrogens is 2. The Labute approximate surface area is 331 Å². The Balaban J connectivity index is 1.21. The first-order chi connectivity index (χ1) is 26.1. The summed E-state index contributed by atoms with van der Waals surface area (Å²) in [5, 5.41) is 16.6. The standard InChI is InChI=1S/C38H43Cl2N5O9S/c1-7-19-15-38(19,34(48)49)44-32(46)24-13-21(16-45(24)33(47)30(37(2,3)4)43-35(50)54-20-11-17-10-18(17)12-20)53-26-14-23(29-31(40)55-36(42-29)52-6)41-28-22(26)8-9-25(51-5)27(28)39/h7-9,14,17-21,24,30H,1,10-13,15-16H2,2-6H3,(H,43,50)(H,44,46)(H,48,49)/t17-,18+,19-,20?,21-,24+,30-,38-/m1/s1. The SMILES string of the molecule is C=C[C@@H]1C[C@]1(NC(=O)[C@@H]1C[C@@H](Oc2cc(-c3nc(OC)sc3Cl)nc3c(Cl)c(OC)ccc23)CN1C(=O)[C@@H](NC(=O)OC1C[C@@H]2C[C@@H]2C1)C(C)(C)C)C(=O)O. The van der Waals surface area contributed by atoms with E-state index in [-0.39, 0.29) is 30.5 Å². The molecule has 3 N–H and O–H groups in total. The summed E-state index contributed by atoms with van der Waals surface area (Å²) in [6, 6.07) is 2.80. The number of likely N-dealkylation sites (tertiary alicyclic amines) is 1. The van der Waals surface area contributed by atoms with Crippen LogP contribution in [0, 0.1) is 23.2 Å². The van der Waals surface area contributed by atoms with Gasteiger partial charge in [0.25, 0.3) is 5.19 Å². The van der Waals surface area contributed by atoms with E-state index in [2.05, 4.69) is 22.2 Å². The number of thiazole rings is 1. The Morgan fingerprint density at radius 3 is 2.38 bits per heavy atom. The van der Waals surface area contributed by atoms with Crippen LogP contribution in [0.2, 0.25) is 9.36 Å². The molecular weight excluding hydrogens is 773 g/mol. The predicted octanol–water partition coefficient (Wildman–Crippen LogP) is 6.12. The molecule has 0 radical (unpaired) electrons. The number of pyridine rings is 1. The van der Waals surface area contributed by atoms with Crippen molar-refractivity contribution < 1.29 is 43.2 Å². The number of aliphatic carboxylic acids is 1. The van der Waals surface area contributed by atoms with Crippen LogP contribution >= 0.6 is 34.5 Å². The molecule has 294 valence electrons. The maximum absolute atomic E-state index is 14.6. The molecular formula is C38H43Cl2N5O9S. The van der Waals surface area contributed by atoms with Gasteiger partial charge in [0.1, 0.15) is 56.4 Å². The number of carboxylic acids is 1. The van der Waals surface area contributed by atoms with Crippen LogP contribution in [0.15, 0.2) is 30.9 Å². The second-order valence-corrected chi connectivity index (χ2v) is 17.7. The number of hydrogen-bond donors (Lipinski definition) is 3. The predicted molar refractivity (Wildman–Crippen MR) is 205 cm³/mol. The molecule has 3 aromatic rings. The van der Waals surface area contributed by atoms with E-state index in [9.17, 15) is 24.3 Å². The summed E-state index contributed by atoms with van der Waals surface area (Å²) < 4.78 is 23.4. The van der Waals surface area contributed by atoms with Gasteiger partial charge < -0.3 is 39.6 Å². The van der Waals surface area contributed by atoms with E-state index < -0.39 is 58.9 Å². The number of nitrogens with one attached hydrogen (secondary N) is 2. The second kappa shape index (κ2) is 14.6. The van der Waals surface area contributed by atoms with Crippen LogP contribution in [0.5, 0.6) is 16.7 Å². The van der Waals surface area contributed by atoms with Gasteiger partial charge in [-0.2, -0.15) is 4.98 Å². The minimum atomic E-state index is -1.54. The average Bonchev–Trinajstić information content (AvgIpc) is 3.85. The zero-order valence-electron chi connectivity index (χ0n) is 31.0. The Morgan fingerprint density at radius 2 is 1.78 bits per heavy atom. The molecule has 3 aliphatic carbocycles. The molecule has 8 atom stereocenters. The van der Waals surface area contributed by atoms with E-state index in [0.717, 1.165) is 30.6 Å². The van der Waals surface area contributed by atoms with Gasteiger partial charge in [0.15, 0.2) is 0 Å². The number of halogens is 2. The zero-order valence-corrected chi connectivity index (χ0v) is 33.3. The highest BCUT2D eigenvalue weighted by Crippen LogP contribution is 2.52. The van der Waals surface area contributed by atoms with Crippen molar-refractivity contribution in [1.29, 1.82) is 0 Å². The number of benzene rings is 1. The number of hydrogen-bond acceptors (Lipinski definition) is 11. The van der Waals surface area contributed by atoms with Gasteiger partial charge in [-0.05, 0) is 55.1 Å². The molecule has 7 rings (SSSR count). The Morgan fingerprint density at radius 1 is 1.05 bits per heavy atom. The number of rotatable bonds is 12. The lowest BCUT2D eigenvalue weighted by Crippen LogP contribution is -2.59. The fraction of sp³-hybridized carbons (Fsp3) is 0.526. The largest absolute Gasteiger partial charge is 0.495 e. The molecule has 2 aromatic heterocycles. The smallest absolute Gasteiger partial charge is 0.408 e. The number of alkyl carbamates (subject to hydrolysis) is 1. The van der Waals surface area contributed by atoms with Crippen LogP contribution < -0.4 is 24.8 Å². The lowest BCUT2D eigenvalue weighted by Gasteiger charge is -2.35. The molecule has 1 unspecified atom stereocenters. The van der Waals surface area contributed by atoms with Crippen LogP contribution in [0.3, 0.4) is 0 Å². The molecule has 3 saturated carbocycles. The molecule has 1 aromatic carbocycles. The van der Waals surface area contributed by atoms with Gasteiger partial charge in [-0.15, -0.1) is 6.58 Å². The molecule has 17 heteroatoms. The molecule has 4 fully saturated rings. The highest BCUT2D eigenvalue weighted by atomic mass is 35.5. The molecule has 55 heavy (non-hydrogen) atoms. The van der Waals surface area contributed by atoms with Crippen molar-refractivity contribution in [3.63, 3.8) is 0 Å². The fourth-order valence-electron chi connectivity index (χ4n) is 7.86. The monoisotopic (exact) mass is 815 g/mol. The molecule has 14 nitrogen and oxygen atoms in total. The normalized spacial score (nSPS) is 27.1. The third-order valence-electron chi connectivity index (χ3n) is 11.1. The molecule has 1 saturated heterocycles. The minimum Gasteiger partial charge on any atom is -0.495 e. The van der Waals surface area contributed by atoms with Crippen molar-refractivity contribution in [1.82, 2.24) is 25.5 Å². The van der Waals surface area contributed by atoms with Gasteiger partial charge in [0, 0.05) is 23.8 Å². The van der Waals surface area contributed by atoms with Crippen LogP contribution in [-0.2, 0) is 19.1 Å². The van der Waals surface area contributed by atoms with Crippen LogP contribution in [0.4, 0.5) is 4.79 Å². The highest BCUT2D eigenvalue weighted by Gasteiger charge is 2.61. The van der Waals surface area contributed by atoms with Crippen LogP contribution in [0.1, 0.15) is 52.9 Å². The van der Waals surface area contributed by atoms with Crippen LogP contribution in [-0.4, -0.2) is 94.4 Å². The van der Waals surface area contributed by atoms with E-state index in [0.29, 0.717) is 55.2 Å². The fourth-order valence-corrected chi connectivity index (χ4v) is 9.10. The number of ether oxygens (including phenoxy) is 4. The molecule has 0 spiro atoms. The lowest BCUT2D eigenvalue weighted by atomic mass is 9.85. The van der Waals surface area contributed by atoms with Crippen molar-refractivity contribution >= 4 is 69.3 Å². The summed E-state index contributed by atoms with van der Waals surface area (Å²) in [7, 11) is 2.96. The Hall–Kier alpha value is -4.34. The minimum absolute atomic E-state index is 0.00744. The number of nitrogens with zero attached hydrogens (tertiary/aromatic N) is 3. The van der Waals surface area contributed by atoms with E-state index in [1.165, 1.54) is 25.2 Å². The zero-order chi connectivity index (χ0) is 39.6. The molecule has 1 aliphatic heterocycles. The molecule has 4 aliphatic rings. The third-order valence-corrected chi connectivity index (χ3v) is 12.6. The third kappa shape index (κ3) is 7.50. The van der Waals surface area contributed by atoms with Gasteiger partial charge in [0.05, 0.1) is 32.0 Å². The first kappa shape index (κ1) is 38.9. The summed E-state index contributed by atoms with van der Waals surface area (Å²) in [5.74, 6) is -1.02. The number of carbonyl (C=O) groups is 4. The summed E-state index contributed by atoms with van der Waals surface area (Å²) in [6.07, 6.45) is 2.73. The van der Waals surface area contributed by atoms with Gasteiger partial charge in [0.2, 0.25) is 11.8 Å². The summed E-state index contributed by atoms with van der Waals surface area (Å²) in [5.41, 5.74) is -1.36. The van der Waals surface area contributed by atoms with E-state index in [1.54, 1.807) is 39.0 Å². The van der Waals surface area contributed by atoms with Crippen molar-refractivity contribution in [2.24, 2.45) is 23.2 Å². The average molecular weight is 817 g/mol. The first-order valence-electron chi connectivity index (χ1n) is 18.1. The molecule has 0 bridgehead atoms. The number of carbonyl (C=O) groups excluding carboxylic acids is 3. The number of fused-ring (bicyclic) bond motifs is 2. The summed E-state index contributed by atoms with van der Waals surface area (Å²) >= 11 is 14.4. The van der Waals surface area contributed by atoms with Crippen molar-refractivity contribution in [2.45, 2.75) is 82.7 Å². The van der Waals surface area contributed by atoms with Gasteiger partial charge in [-0.3, -0.25) is 9.59 Å².